The molecular weight excluding hydrogens is 466 g/mol. The van der Waals surface area contributed by atoms with Gasteiger partial charge in [-0.2, -0.15) is 0 Å². The maximum atomic E-state index is 13.5. The summed E-state index contributed by atoms with van der Waals surface area (Å²) in [5.41, 5.74) is 3.37. The van der Waals surface area contributed by atoms with Crippen molar-refractivity contribution in [3.05, 3.63) is 101 Å². The van der Waals surface area contributed by atoms with Crippen molar-refractivity contribution in [3.8, 4) is 5.75 Å². The summed E-state index contributed by atoms with van der Waals surface area (Å²) < 4.78 is 11.3. The molecule has 0 radical (unpaired) electrons. The molecular formula is C31H35NO5. The van der Waals surface area contributed by atoms with E-state index in [1.807, 2.05) is 78.9 Å². The van der Waals surface area contributed by atoms with Crippen LogP contribution in [0.4, 0.5) is 0 Å². The number of esters is 1. The molecule has 0 heterocycles. The molecule has 37 heavy (non-hydrogen) atoms. The minimum Gasteiger partial charge on any atom is -0.489 e. The van der Waals surface area contributed by atoms with Crippen molar-refractivity contribution in [3.63, 3.8) is 0 Å². The van der Waals surface area contributed by atoms with E-state index < -0.39 is 23.7 Å². The SMILES string of the molecule is CC(C)(C)OC(=O)CCC(=O)N(Cc1ccc(OCc2ccccc2)cc1)C1c2ccccc2C[C@H]1O. The molecule has 0 aromatic heterocycles. The van der Waals surface area contributed by atoms with E-state index >= 15 is 0 Å². The van der Waals surface area contributed by atoms with Gasteiger partial charge in [0, 0.05) is 19.4 Å². The Morgan fingerprint density at radius 1 is 0.892 bits per heavy atom. The molecule has 0 saturated carbocycles. The average Bonchev–Trinajstić information content (AvgIpc) is 3.20. The summed E-state index contributed by atoms with van der Waals surface area (Å²) in [4.78, 5) is 27.4. The zero-order chi connectivity index (χ0) is 26.4. The lowest BCUT2D eigenvalue weighted by atomic mass is 10.0. The highest BCUT2D eigenvalue weighted by molar-refractivity contribution is 5.82. The molecule has 2 atom stereocenters. The fourth-order valence-electron chi connectivity index (χ4n) is 4.64. The number of aliphatic hydroxyl groups is 1. The molecule has 6 nitrogen and oxygen atoms in total. The number of fused-ring (bicyclic) bond motifs is 1. The number of carbonyl (C=O) groups excluding carboxylic acids is 2. The van der Waals surface area contributed by atoms with Gasteiger partial charge in [0.25, 0.3) is 0 Å². The number of nitrogens with zero attached hydrogens (tertiary/aromatic N) is 1. The van der Waals surface area contributed by atoms with Gasteiger partial charge in [-0.25, -0.2) is 0 Å². The maximum absolute atomic E-state index is 13.5. The smallest absolute Gasteiger partial charge is 0.306 e. The Balaban J connectivity index is 1.48. The fourth-order valence-corrected chi connectivity index (χ4v) is 4.64. The van der Waals surface area contributed by atoms with Crippen LogP contribution in [0.1, 0.15) is 61.9 Å². The van der Waals surface area contributed by atoms with Gasteiger partial charge in [-0.15, -0.1) is 0 Å². The Morgan fingerprint density at radius 2 is 1.57 bits per heavy atom. The molecule has 3 aromatic carbocycles. The second kappa shape index (κ2) is 11.6. The van der Waals surface area contributed by atoms with Crippen molar-refractivity contribution < 1.29 is 24.2 Å². The number of benzene rings is 3. The Hall–Kier alpha value is -3.64. The van der Waals surface area contributed by atoms with Crippen LogP contribution >= 0.6 is 0 Å². The second-order valence-corrected chi connectivity index (χ2v) is 10.4. The van der Waals surface area contributed by atoms with Crippen LogP contribution in [-0.2, 0) is 33.9 Å². The lowest BCUT2D eigenvalue weighted by molar-refractivity contribution is -0.156. The van der Waals surface area contributed by atoms with E-state index in [0.717, 1.165) is 28.0 Å². The molecule has 1 unspecified atom stereocenters. The van der Waals surface area contributed by atoms with E-state index in [-0.39, 0.29) is 18.7 Å². The van der Waals surface area contributed by atoms with Gasteiger partial charge >= 0.3 is 5.97 Å². The predicted octanol–water partition coefficient (Wildman–Crippen LogP) is 5.37. The lowest BCUT2D eigenvalue weighted by Gasteiger charge is -2.32. The van der Waals surface area contributed by atoms with E-state index in [2.05, 4.69) is 0 Å². The minimum atomic E-state index is -0.712. The van der Waals surface area contributed by atoms with E-state index in [9.17, 15) is 14.7 Å². The molecule has 0 bridgehead atoms. The normalized spacial score (nSPS) is 16.6. The van der Waals surface area contributed by atoms with Crippen molar-refractivity contribution in [2.75, 3.05) is 0 Å². The molecule has 4 rings (SSSR count). The molecule has 0 aliphatic heterocycles. The molecule has 0 saturated heterocycles. The third kappa shape index (κ3) is 7.20. The predicted molar refractivity (Wildman–Crippen MR) is 142 cm³/mol. The van der Waals surface area contributed by atoms with Gasteiger partial charge in [-0.3, -0.25) is 9.59 Å². The highest BCUT2D eigenvalue weighted by Crippen LogP contribution is 2.37. The van der Waals surface area contributed by atoms with E-state index in [0.29, 0.717) is 19.6 Å². The van der Waals surface area contributed by atoms with Gasteiger partial charge < -0.3 is 19.5 Å². The number of hydrogen-bond acceptors (Lipinski definition) is 5. The Kier molecular flexibility index (Phi) is 8.29. The van der Waals surface area contributed by atoms with E-state index in [1.54, 1.807) is 25.7 Å². The molecule has 1 aliphatic rings. The summed E-state index contributed by atoms with van der Waals surface area (Å²) >= 11 is 0. The third-order valence-electron chi connectivity index (χ3n) is 6.31. The summed E-state index contributed by atoms with van der Waals surface area (Å²) in [7, 11) is 0. The average molecular weight is 502 g/mol. The van der Waals surface area contributed by atoms with Gasteiger partial charge in [-0.05, 0) is 55.2 Å². The van der Waals surface area contributed by atoms with Gasteiger partial charge in [-0.1, -0.05) is 66.7 Å². The number of ether oxygens (including phenoxy) is 2. The first-order chi connectivity index (χ1) is 17.7. The zero-order valence-electron chi connectivity index (χ0n) is 21.7. The van der Waals surface area contributed by atoms with E-state index in [4.69, 9.17) is 9.47 Å². The fraction of sp³-hybridized carbons (Fsp3) is 0.355. The van der Waals surface area contributed by atoms with Crippen LogP contribution in [0.25, 0.3) is 0 Å². The van der Waals surface area contributed by atoms with Gasteiger partial charge in [0.15, 0.2) is 0 Å². The summed E-state index contributed by atoms with van der Waals surface area (Å²) in [6.07, 6.45) is -0.221. The minimum absolute atomic E-state index is 0.0106. The quantitative estimate of drug-likeness (QED) is 0.399. The van der Waals surface area contributed by atoms with Gasteiger partial charge in [0.1, 0.15) is 18.0 Å². The van der Waals surface area contributed by atoms with Crippen LogP contribution in [0, 0.1) is 0 Å². The van der Waals surface area contributed by atoms with Crippen LogP contribution in [0.15, 0.2) is 78.9 Å². The molecule has 194 valence electrons. The van der Waals surface area contributed by atoms with Crippen LogP contribution in [0.3, 0.4) is 0 Å². The zero-order valence-corrected chi connectivity index (χ0v) is 21.7. The number of hydrogen-bond donors (Lipinski definition) is 1. The molecule has 0 fully saturated rings. The number of rotatable bonds is 9. The van der Waals surface area contributed by atoms with Crippen molar-refractivity contribution in [1.29, 1.82) is 0 Å². The highest BCUT2D eigenvalue weighted by atomic mass is 16.6. The van der Waals surface area contributed by atoms with Crippen molar-refractivity contribution in [2.45, 2.75) is 70.9 Å². The Bertz CT molecular complexity index is 1200. The summed E-state index contributed by atoms with van der Waals surface area (Å²) in [6.45, 7) is 6.19. The first-order valence-corrected chi connectivity index (χ1v) is 12.7. The number of amides is 1. The molecule has 1 amide bonds. The van der Waals surface area contributed by atoms with Crippen molar-refractivity contribution in [1.82, 2.24) is 4.90 Å². The molecule has 1 aliphatic carbocycles. The van der Waals surface area contributed by atoms with Crippen molar-refractivity contribution in [2.24, 2.45) is 0 Å². The van der Waals surface area contributed by atoms with Crippen LogP contribution < -0.4 is 4.74 Å². The monoisotopic (exact) mass is 501 g/mol. The second-order valence-electron chi connectivity index (χ2n) is 10.4. The van der Waals surface area contributed by atoms with Crippen LogP contribution in [0.5, 0.6) is 5.75 Å². The molecule has 3 aromatic rings. The summed E-state index contributed by atoms with van der Waals surface area (Å²) in [5, 5.41) is 11.0. The maximum Gasteiger partial charge on any atom is 0.306 e. The molecule has 0 spiro atoms. The van der Waals surface area contributed by atoms with Crippen molar-refractivity contribution >= 4 is 11.9 Å². The summed E-state index contributed by atoms with van der Waals surface area (Å²) in [5.74, 6) is 0.130. The molecule has 1 N–H and O–H groups in total. The van der Waals surface area contributed by atoms with E-state index in [1.165, 1.54) is 0 Å². The summed E-state index contributed by atoms with van der Waals surface area (Å²) in [6, 6.07) is 24.9. The third-order valence-corrected chi connectivity index (χ3v) is 6.31. The number of carbonyl (C=O) groups is 2. The van der Waals surface area contributed by atoms with Gasteiger partial charge in [0.2, 0.25) is 5.91 Å². The molecule has 6 heteroatoms. The largest absolute Gasteiger partial charge is 0.489 e. The van der Waals surface area contributed by atoms with Crippen LogP contribution in [-0.4, -0.2) is 33.6 Å². The standard InChI is InChI=1S/C31H35NO5/c1-31(2,3)37-29(35)18-17-28(34)32(30-26-12-8-7-11-24(26)19-27(30)33)20-22-13-15-25(16-14-22)36-21-23-9-5-4-6-10-23/h4-16,27,30,33H,17-21H2,1-3H3/t27-,30?/m1/s1. The lowest BCUT2D eigenvalue weighted by Crippen LogP contribution is -2.39. The van der Waals surface area contributed by atoms with Crippen LogP contribution in [0.2, 0.25) is 0 Å². The topological polar surface area (TPSA) is 76.1 Å². The first kappa shape index (κ1) is 26.4. The Morgan fingerprint density at radius 3 is 2.27 bits per heavy atom. The highest BCUT2D eigenvalue weighted by Gasteiger charge is 2.37. The Labute approximate surface area is 218 Å². The number of aliphatic hydroxyl groups excluding tert-OH is 1. The van der Waals surface area contributed by atoms with Gasteiger partial charge in [0.05, 0.1) is 18.6 Å². The first-order valence-electron chi connectivity index (χ1n) is 12.7.